The zero-order valence-electron chi connectivity index (χ0n) is 15.2. The monoisotopic (exact) mass is 362 g/mol. The second-order valence-corrected chi connectivity index (χ2v) is 6.31. The Morgan fingerprint density at radius 2 is 1.67 bits per heavy atom. The van der Waals surface area contributed by atoms with E-state index in [1.165, 1.54) is 0 Å². The van der Waals surface area contributed by atoms with Gasteiger partial charge in [0.15, 0.2) is 0 Å². The highest BCUT2D eigenvalue weighted by molar-refractivity contribution is 5.67. The number of ether oxygens (including phenoxy) is 2. The Morgan fingerprint density at radius 1 is 0.926 bits per heavy atom. The van der Waals surface area contributed by atoms with E-state index in [2.05, 4.69) is 0 Å². The summed E-state index contributed by atoms with van der Waals surface area (Å²) in [6.07, 6.45) is 0.530. The van der Waals surface area contributed by atoms with Crippen LogP contribution >= 0.6 is 0 Å². The number of carboxylic acid groups (broad SMARTS) is 1. The number of para-hydroxylation sites is 2. The number of hydrogen-bond donors (Lipinski definition) is 1. The molecule has 0 amide bonds. The van der Waals surface area contributed by atoms with Crippen LogP contribution in [0.15, 0.2) is 72.8 Å². The highest BCUT2D eigenvalue weighted by Gasteiger charge is 2.07. The molecule has 0 spiro atoms. The molecule has 4 nitrogen and oxygen atoms in total. The number of carboxylic acids is 1. The van der Waals surface area contributed by atoms with E-state index >= 15 is 0 Å². The summed E-state index contributed by atoms with van der Waals surface area (Å²) in [5.74, 6) is 1.48. The molecule has 27 heavy (non-hydrogen) atoms. The predicted octanol–water partition coefficient (Wildman–Crippen LogP) is 5.38. The molecule has 0 saturated carbocycles. The van der Waals surface area contributed by atoms with Crippen molar-refractivity contribution in [2.24, 2.45) is 0 Å². The summed E-state index contributed by atoms with van der Waals surface area (Å²) in [5, 5.41) is 8.89. The lowest BCUT2D eigenvalue weighted by atomic mass is 10.1. The Labute approximate surface area is 159 Å². The second-order valence-electron chi connectivity index (χ2n) is 6.31. The molecule has 0 fully saturated rings. The molecule has 0 aliphatic carbocycles. The van der Waals surface area contributed by atoms with Crippen LogP contribution in [-0.4, -0.2) is 11.1 Å². The number of aryl methyl sites for hydroxylation is 2. The molecule has 0 atom stereocenters. The van der Waals surface area contributed by atoms with Gasteiger partial charge in [-0.05, 0) is 54.3 Å². The standard InChI is InChI=1S/C23H22O4/c1-17-7-2-4-11-21(17)27-20-10-6-8-18(15-20)16-26-22-12-5-3-9-19(22)13-14-23(24)25/h2-12,15H,13-14,16H2,1H3,(H,24,25). The smallest absolute Gasteiger partial charge is 0.303 e. The third kappa shape index (κ3) is 5.35. The van der Waals surface area contributed by atoms with Crippen LogP contribution in [0.2, 0.25) is 0 Å². The van der Waals surface area contributed by atoms with Gasteiger partial charge in [0.05, 0.1) is 0 Å². The quantitative estimate of drug-likeness (QED) is 0.584. The van der Waals surface area contributed by atoms with Crippen molar-refractivity contribution in [3.63, 3.8) is 0 Å². The fourth-order valence-corrected chi connectivity index (χ4v) is 2.75. The van der Waals surface area contributed by atoms with Gasteiger partial charge in [0.1, 0.15) is 23.9 Å². The molecule has 0 radical (unpaired) electrons. The minimum atomic E-state index is -0.814. The Morgan fingerprint density at radius 3 is 2.44 bits per heavy atom. The Kier molecular flexibility index (Phi) is 6.10. The summed E-state index contributed by atoms with van der Waals surface area (Å²) in [6.45, 7) is 2.39. The molecule has 0 aliphatic heterocycles. The minimum absolute atomic E-state index is 0.0835. The third-order valence-corrected chi connectivity index (χ3v) is 4.19. The van der Waals surface area contributed by atoms with Crippen LogP contribution in [0.5, 0.6) is 17.2 Å². The zero-order chi connectivity index (χ0) is 19.1. The van der Waals surface area contributed by atoms with E-state index in [0.717, 1.165) is 28.2 Å². The summed E-state index contributed by atoms with van der Waals surface area (Å²) in [4.78, 5) is 10.8. The minimum Gasteiger partial charge on any atom is -0.489 e. The maximum Gasteiger partial charge on any atom is 0.303 e. The summed E-state index contributed by atoms with van der Waals surface area (Å²) in [7, 11) is 0. The van der Waals surface area contributed by atoms with Crippen molar-refractivity contribution in [3.8, 4) is 17.2 Å². The van der Waals surface area contributed by atoms with Crippen LogP contribution in [0, 0.1) is 6.92 Å². The molecule has 3 rings (SSSR count). The first-order valence-corrected chi connectivity index (χ1v) is 8.87. The van der Waals surface area contributed by atoms with Gasteiger partial charge in [-0.15, -0.1) is 0 Å². The van der Waals surface area contributed by atoms with Gasteiger partial charge in [0, 0.05) is 6.42 Å². The lowest BCUT2D eigenvalue weighted by molar-refractivity contribution is -0.136. The molecule has 0 unspecified atom stereocenters. The van der Waals surface area contributed by atoms with Crippen molar-refractivity contribution in [3.05, 3.63) is 89.5 Å². The van der Waals surface area contributed by atoms with Gasteiger partial charge in [-0.1, -0.05) is 48.5 Å². The highest BCUT2D eigenvalue weighted by Crippen LogP contribution is 2.26. The van der Waals surface area contributed by atoms with E-state index in [9.17, 15) is 4.79 Å². The molecule has 3 aromatic rings. The predicted molar refractivity (Wildman–Crippen MR) is 104 cm³/mol. The summed E-state index contributed by atoms with van der Waals surface area (Å²) < 4.78 is 11.9. The molecule has 4 heteroatoms. The van der Waals surface area contributed by atoms with E-state index in [1.807, 2.05) is 79.7 Å². The van der Waals surface area contributed by atoms with Crippen LogP contribution in [0.1, 0.15) is 23.1 Å². The van der Waals surface area contributed by atoms with Gasteiger partial charge in [0.2, 0.25) is 0 Å². The largest absolute Gasteiger partial charge is 0.489 e. The first-order valence-electron chi connectivity index (χ1n) is 8.87. The average molecular weight is 362 g/mol. The van der Waals surface area contributed by atoms with E-state index in [4.69, 9.17) is 14.6 Å². The number of carbonyl (C=O) groups is 1. The van der Waals surface area contributed by atoms with Gasteiger partial charge in [-0.2, -0.15) is 0 Å². The van der Waals surface area contributed by atoms with Crippen LogP contribution in [0.4, 0.5) is 0 Å². The van der Waals surface area contributed by atoms with Gasteiger partial charge >= 0.3 is 5.97 Å². The van der Waals surface area contributed by atoms with Crippen LogP contribution in [0.3, 0.4) is 0 Å². The lowest BCUT2D eigenvalue weighted by Crippen LogP contribution is -2.02. The molecular weight excluding hydrogens is 340 g/mol. The number of hydrogen-bond acceptors (Lipinski definition) is 3. The molecule has 0 saturated heterocycles. The van der Waals surface area contributed by atoms with Crippen LogP contribution in [-0.2, 0) is 17.8 Å². The molecular formula is C23H22O4. The Bertz CT molecular complexity index is 918. The van der Waals surface area contributed by atoms with Crippen molar-refractivity contribution < 1.29 is 19.4 Å². The molecule has 0 bridgehead atoms. The molecule has 0 aliphatic rings. The average Bonchev–Trinajstić information content (AvgIpc) is 2.67. The fourth-order valence-electron chi connectivity index (χ4n) is 2.75. The topological polar surface area (TPSA) is 55.8 Å². The first kappa shape index (κ1) is 18.5. The third-order valence-electron chi connectivity index (χ3n) is 4.19. The molecule has 0 heterocycles. The molecule has 3 aromatic carbocycles. The van der Waals surface area contributed by atoms with E-state index in [0.29, 0.717) is 18.8 Å². The second kappa shape index (κ2) is 8.90. The normalized spacial score (nSPS) is 10.4. The van der Waals surface area contributed by atoms with Crippen molar-refractivity contribution >= 4 is 5.97 Å². The molecule has 1 N–H and O–H groups in total. The maximum atomic E-state index is 10.8. The number of aliphatic carboxylic acids is 1. The molecule has 138 valence electrons. The van der Waals surface area contributed by atoms with Crippen molar-refractivity contribution in [2.45, 2.75) is 26.4 Å². The van der Waals surface area contributed by atoms with E-state index in [-0.39, 0.29) is 6.42 Å². The summed E-state index contributed by atoms with van der Waals surface area (Å²) in [6, 6.07) is 23.2. The van der Waals surface area contributed by atoms with Gasteiger partial charge in [-0.25, -0.2) is 0 Å². The SMILES string of the molecule is Cc1ccccc1Oc1cccc(COc2ccccc2CCC(=O)O)c1. The fraction of sp³-hybridized carbons (Fsp3) is 0.174. The van der Waals surface area contributed by atoms with Crippen molar-refractivity contribution in [1.29, 1.82) is 0 Å². The van der Waals surface area contributed by atoms with Crippen LogP contribution in [0.25, 0.3) is 0 Å². The lowest BCUT2D eigenvalue weighted by Gasteiger charge is -2.12. The Balaban J connectivity index is 1.67. The van der Waals surface area contributed by atoms with Crippen molar-refractivity contribution in [2.75, 3.05) is 0 Å². The van der Waals surface area contributed by atoms with Crippen molar-refractivity contribution in [1.82, 2.24) is 0 Å². The van der Waals surface area contributed by atoms with E-state index < -0.39 is 5.97 Å². The van der Waals surface area contributed by atoms with Gasteiger partial charge < -0.3 is 14.6 Å². The van der Waals surface area contributed by atoms with E-state index in [1.54, 1.807) is 0 Å². The summed E-state index contributed by atoms with van der Waals surface area (Å²) in [5.41, 5.74) is 2.95. The molecule has 0 aromatic heterocycles. The highest BCUT2D eigenvalue weighted by atomic mass is 16.5. The van der Waals surface area contributed by atoms with Crippen LogP contribution < -0.4 is 9.47 Å². The Hall–Kier alpha value is -3.27. The van der Waals surface area contributed by atoms with Gasteiger partial charge in [-0.3, -0.25) is 4.79 Å². The number of benzene rings is 3. The number of rotatable bonds is 8. The first-order chi connectivity index (χ1) is 13.1. The van der Waals surface area contributed by atoms with Gasteiger partial charge in [0.25, 0.3) is 0 Å². The maximum absolute atomic E-state index is 10.8. The summed E-state index contributed by atoms with van der Waals surface area (Å²) >= 11 is 0. The zero-order valence-corrected chi connectivity index (χ0v) is 15.2.